The van der Waals surface area contributed by atoms with Crippen molar-refractivity contribution >= 4 is 49.3 Å². The fourth-order valence-corrected chi connectivity index (χ4v) is 15.4. The maximum absolute atomic E-state index is 14.8. The van der Waals surface area contributed by atoms with Crippen LogP contribution >= 0.6 is 22.7 Å². The molecular weight excluding hydrogens is 707 g/mol. The Morgan fingerprint density at radius 2 is 1.65 bits per heavy atom. The summed E-state index contributed by atoms with van der Waals surface area (Å²) in [5.41, 5.74) is -1.41. The van der Waals surface area contributed by atoms with Crippen molar-refractivity contribution in [3.8, 4) is 0 Å². The third-order valence-corrected chi connectivity index (χ3v) is 18.8. The first-order chi connectivity index (χ1) is 24.8. The number of aliphatic hydroxyl groups is 2. The average Bonchev–Trinajstić information content (AvgIpc) is 3.88. The summed E-state index contributed by atoms with van der Waals surface area (Å²) in [6.45, 7) is 6.71. The fourth-order valence-electron chi connectivity index (χ4n) is 12.0. The Balaban J connectivity index is 1.15. The number of benzene rings is 2. The van der Waals surface area contributed by atoms with Gasteiger partial charge >= 0.3 is 0 Å². The second-order valence-corrected chi connectivity index (χ2v) is 21.3. The molecule has 8 atom stereocenters. The van der Waals surface area contributed by atoms with Gasteiger partial charge in [-0.1, -0.05) is 80.6 Å². The summed E-state index contributed by atoms with van der Waals surface area (Å²) < 4.78 is 30.9. The number of allylic oxidation sites excluding steroid dienone is 4. The minimum Gasteiger partial charge on any atom is -0.393 e. The number of rotatable bonds is 8. The van der Waals surface area contributed by atoms with Crippen molar-refractivity contribution in [3.63, 3.8) is 0 Å². The SMILES string of the molecule is Cc1ccc(C(=O)C2=CC34C=CC25C(CCC2(C)C5CCC2(O)CN(Cc2cccc5ccccc25)S(=O)(=O)c2cccs2)C3(C)CCC(O)C4)s1. The van der Waals surface area contributed by atoms with Gasteiger partial charge in [0.05, 0.1) is 16.6 Å². The molecule has 6 aliphatic carbocycles. The van der Waals surface area contributed by atoms with Crippen molar-refractivity contribution in [2.45, 2.75) is 88.2 Å². The molecule has 0 aliphatic heterocycles. The lowest BCUT2D eigenvalue weighted by molar-refractivity contribution is -0.173. The molecule has 3 fully saturated rings. The van der Waals surface area contributed by atoms with Gasteiger partial charge in [-0.05, 0) is 109 Å². The highest BCUT2D eigenvalue weighted by molar-refractivity contribution is 7.91. The molecule has 6 aliphatic rings. The van der Waals surface area contributed by atoms with Crippen LogP contribution in [0.1, 0.15) is 78.9 Å². The quantitative estimate of drug-likeness (QED) is 0.139. The fraction of sp³-hybridized carbons (Fsp3) is 0.465. The predicted octanol–water partition coefficient (Wildman–Crippen LogP) is 8.94. The zero-order chi connectivity index (χ0) is 36.3. The summed E-state index contributed by atoms with van der Waals surface area (Å²) in [6.07, 6.45) is 11.4. The molecule has 4 aromatic rings. The topological polar surface area (TPSA) is 94.9 Å². The largest absolute Gasteiger partial charge is 0.393 e. The van der Waals surface area contributed by atoms with Gasteiger partial charge in [0.25, 0.3) is 10.0 Å². The first kappa shape index (κ1) is 34.8. The number of hydrogen-bond acceptors (Lipinski definition) is 7. The molecule has 6 nitrogen and oxygen atoms in total. The van der Waals surface area contributed by atoms with Gasteiger partial charge < -0.3 is 10.2 Å². The molecule has 0 radical (unpaired) electrons. The smallest absolute Gasteiger partial charge is 0.252 e. The van der Waals surface area contributed by atoms with Crippen LogP contribution in [0.5, 0.6) is 0 Å². The number of aryl methyl sites for hydroxylation is 1. The lowest BCUT2D eigenvalue weighted by atomic mass is 9.32. The summed E-state index contributed by atoms with van der Waals surface area (Å²) in [6, 6.07) is 21.4. The highest BCUT2D eigenvalue weighted by atomic mass is 32.2. The van der Waals surface area contributed by atoms with Gasteiger partial charge in [-0.15, -0.1) is 22.7 Å². The maximum atomic E-state index is 14.8. The number of thiophene rings is 2. The van der Waals surface area contributed by atoms with Crippen LogP contribution in [0.25, 0.3) is 10.8 Å². The minimum absolute atomic E-state index is 0.0293. The molecule has 2 bridgehead atoms. The van der Waals surface area contributed by atoms with Gasteiger partial charge in [0.1, 0.15) is 4.21 Å². The molecule has 52 heavy (non-hydrogen) atoms. The molecule has 0 saturated heterocycles. The highest BCUT2D eigenvalue weighted by Gasteiger charge is 2.74. The number of fused-ring (bicyclic) bond motifs is 2. The van der Waals surface area contributed by atoms with Gasteiger partial charge in [-0.2, -0.15) is 4.31 Å². The molecule has 9 heteroatoms. The van der Waals surface area contributed by atoms with Crippen LogP contribution in [0, 0.1) is 40.4 Å². The van der Waals surface area contributed by atoms with E-state index in [1.807, 2.05) is 61.5 Å². The second-order valence-electron chi connectivity index (χ2n) is 16.9. The van der Waals surface area contributed by atoms with E-state index in [2.05, 4.69) is 32.1 Å². The average molecular weight is 754 g/mol. The van der Waals surface area contributed by atoms with Gasteiger partial charge in [0.15, 0.2) is 5.78 Å². The van der Waals surface area contributed by atoms with E-state index in [4.69, 9.17) is 0 Å². The molecule has 2 aromatic heterocycles. The van der Waals surface area contributed by atoms with Crippen molar-refractivity contribution in [2.75, 3.05) is 6.54 Å². The summed E-state index contributed by atoms with van der Waals surface area (Å²) in [4.78, 5) is 16.6. The van der Waals surface area contributed by atoms with Gasteiger partial charge in [-0.25, -0.2) is 8.42 Å². The monoisotopic (exact) mass is 753 g/mol. The molecular formula is C43H47NO5S3. The number of aliphatic hydroxyl groups excluding tert-OH is 1. The third kappa shape index (κ3) is 4.68. The molecule has 0 amide bonds. The number of carbonyl (C=O) groups is 1. The Labute approximate surface area is 314 Å². The van der Waals surface area contributed by atoms with E-state index in [0.29, 0.717) is 19.3 Å². The molecule has 2 spiro atoms. The standard InChI is InChI=1S/C43H47NO5S3/c1-28-13-14-34(51-28)38(46)33-25-41-21-22-43(33)35(39(41,2)18-15-31(45)24-41)16-19-40(3)36(43)17-20-42(40,47)27-44(52(48,49)37-12-7-23-50-37)26-30-10-6-9-29-8-4-5-11-32(29)30/h4-14,21-23,25,31,35-36,45,47H,15-20,24,26-27H2,1-3H3. The number of nitrogens with zero attached hydrogens (tertiary/aromatic N) is 1. The zero-order valence-corrected chi connectivity index (χ0v) is 32.5. The first-order valence-corrected chi connectivity index (χ1v) is 21.9. The van der Waals surface area contributed by atoms with Crippen molar-refractivity contribution in [3.05, 3.63) is 111 Å². The normalized spacial score (nSPS) is 36.4. The van der Waals surface area contributed by atoms with Crippen LogP contribution in [-0.4, -0.2) is 47.0 Å². The van der Waals surface area contributed by atoms with E-state index in [1.165, 1.54) is 27.0 Å². The van der Waals surface area contributed by atoms with E-state index in [-0.39, 0.29) is 40.3 Å². The van der Waals surface area contributed by atoms with E-state index in [1.54, 1.807) is 17.5 Å². The van der Waals surface area contributed by atoms with Crippen LogP contribution in [-0.2, 0) is 16.6 Å². The van der Waals surface area contributed by atoms with Crippen LogP contribution in [0.15, 0.2) is 100 Å². The number of Topliss-reactive ketones (excluding diaryl/α,β-unsaturated/α-hetero) is 1. The number of hydrogen-bond donors (Lipinski definition) is 2. The Hall–Kier alpha value is -2.92. The summed E-state index contributed by atoms with van der Waals surface area (Å²) in [5, 5.41) is 28.1. The molecule has 10 rings (SSSR count). The van der Waals surface area contributed by atoms with Gasteiger partial charge in [-0.3, -0.25) is 4.79 Å². The molecule has 2 N–H and O–H groups in total. The predicted molar refractivity (Wildman–Crippen MR) is 208 cm³/mol. The molecule has 2 aromatic carbocycles. The van der Waals surface area contributed by atoms with E-state index in [0.717, 1.165) is 57.3 Å². The van der Waals surface area contributed by atoms with Crippen LogP contribution < -0.4 is 0 Å². The molecule has 272 valence electrons. The molecule has 2 heterocycles. The Kier molecular flexibility index (Phi) is 7.89. The summed E-state index contributed by atoms with van der Waals surface area (Å²) >= 11 is 2.73. The van der Waals surface area contributed by atoms with Crippen LogP contribution in [0.4, 0.5) is 0 Å². The van der Waals surface area contributed by atoms with E-state index in [9.17, 15) is 23.4 Å². The summed E-state index contributed by atoms with van der Waals surface area (Å²) in [5.74, 6) is 0.165. The number of sulfonamides is 1. The van der Waals surface area contributed by atoms with E-state index < -0.39 is 38.0 Å². The first-order valence-electron chi connectivity index (χ1n) is 18.7. The summed E-state index contributed by atoms with van der Waals surface area (Å²) in [7, 11) is -3.95. The lowest BCUT2D eigenvalue weighted by Crippen LogP contribution is -2.67. The van der Waals surface area contributed by atoms with Crippen molar-refractivity contribution in [2.24, 2.45) is 33.5 Å². The highest BCUT2D eigenvalue weighted by Crippen LogP contribution is 2.78. The minimum atomic E-state index is -3.95. The second kappa shape index (κ2) is 11.8. The number of ketones is 1. The Morgan fingerprint density at radius 3 is 2.42 bits per heavy atom. The zero-order valence-electron chi connectivity index (χ0n) is 30.0. The Bertz CT molecular complexity index is 2250. The lowest BCUT2D eigenvalue weighted by Gasteiger charge is -2.71. The molecule has 8 unspecified atom stereocenters. The maximum Gasteiger partial charge on any atom is 0.252 e. The van der Waals surface area contributed by atoms with Crippen molar-refractivity contribution < 1.29 is 23.4 Å². The molecule has 3 saturated carbocycles. The van der Waals surface area contributed by atoms with Crippen molar-refractivity contribution in [1.29, 1.82) is 0 Å². The van der Waals surface area contributed by atoms with Gasteiger partial charge in [0.2, 0.25) is 0 Å². The van der Waals surface area contributed by atoms with Crippen LogP contribution in [0.3, 0.4) is 0 Å². The van der Waals surface area contributed by atoms with E-state index >= 15 is 0 Å². The van der Waals surface area contributed by atoms with Crippen LogP contribution in [0.2, 0.25) is 0 Å². The van der Waals surface area contributed by atoms with Crippen molar-refractivity contribution in [1.82, 2.24) is 4.31 Å². The third-order valence-electron chi connectivity index (χ3n) is 14.7. The Morgan fingerprint density at radius 1 is 0.904 bits per heavy atom. The number of carbonyl (C=O) groups excluding carboxylic acids is 1. The van der Waals surface area contributed by atoms with Gasteiger partial charge in [0, 0.05) is 39.8 Å².